The molecule has 0 saturated carbocycles. The maximum absolute atomic E-state index is 11.6. The number of fused-ring (bicyclic) bond motifs is 1. The number of carbonyl (C=O) groups excluding carboxylic acids is 2. The highest BCUT2D eigenvalue weighted by Crippen LogP contribution is 2.38. The number of alkyl carbamates (subject to hydrolysis) is 1. The van der Waals surface area contributed by atoms with E-state index in [9.17, 15) is 9.59 Å². The molecule has 1 N–H and O–H groups in total. The van der Waals surface area contributed by atoms with Crippen molar-refractivity contribution in [1.82, 2.24) is 5.32 Å². The van der Waals surface area contributed by atoms with Crippen LogP contribution >= 0.6 is 11.6 Å². The molecule has 1 saturated heterocycles. The largest absolute Gasteiger partial charge is 0.493 e. The fourth-order valence-electron chi connectivity index (χ4n) is 2.23. The van der Waals surface area contributed by atoms with E-state index >= 15 is 0 Å². The van der Waals surface area contributed by atoms with E-state index in [1.165, 1.54) is 0 Å². The molecule has 18 heavy (non-hydrogen) atoms. The summed E-state index contributed by atoms with van der Waals surface area (Å²) in [5.74, 6) is 0.124. The van der Waals surface area contributed by atoms with Crippen molar-refractivity contribution in [3.8, 4) is 5.75 Å². The van der Waals surface area contributed by atoms with Crippen LogP contribution in [0.1, 0.15) is 23.7 Å². The van der Waals surface area contributed by atoms with Crippen LogP contribution in [0.5, 0.6) is 5.75 Å². The summed E-state index contributed by atoms with van der Waals surface area (Å²) in [6.07, 6.45) is 0.0341. The zero-order valence-corrected chi connectivity index (χ0v) is 10.1. The highest BCUT2D eigenvalue weighted by atomic mass is 35.5. The van der Waals surface area contributed by atoms with Gasteiger partial charge in [-0.05, 0) is 30.5 Å². The van der Waals surface area contributed by atoms with Crippen molar-refractivity contribution in [2.75, 3.05) is 6.61 Å². The summed E-state index contributed by atoms with van der Waals surface area (Å²) in [4.78, 5) is 22.7. The number of amides is 2. The Hall–Kier alpha value is -1.75. The highest BCUT2D eigenvalue weighted by molar-refractivity contribution is 6.30. The van der Waals surface area contributed by atoms with Crippen LogP contribution in [0, 0.1) is 0 Å². The first-order valence-electron chi connectivity index (χ1n) is 5.62. The molecule has 1 atom stereocenters. The molecule has 0 bridgehead atoms. The van der Waals surface area contributed by atoms with Crippen LogP contribution in [0.3, 0.4) is 0 Å². The van der Waals surface area contributed by atoms with Gasteiger partial charge in [0.15, 0.2) is 0 Å². The van der Waals surface area contributed by atoms with Crippen molar-refractivity contribution >= 4 is 23.6 Å². The summed E-state index contributed by atoms with van der Waals surface area (Å²) in [7, 11) is 0. The third-order valence-corrected chi connectivity index (χ3v) is 3.19. The van der Waals surface area contributed by atoms with Gasteiger partial charge in [-0.3, -0.25) is 10.1 Å². The zero-order chi connectivity index (χ0) is 12.7. The average Bonchev–Trinajstić information content (AvgIpc) is 2.67. The van der Waals surface area contributed by atoms with Gasteiger partial charge in [-0.1, -0.05) is 11.6 Å². The van der Waals surface area contributed by atoms with Crippen molar-refractivity contribution in [3.05, 3.63) is 28.3 Å². The lowest BCUT2D eigenvalue weighted by atomic mass is 9.99. The summed E-state index contributed by atoms with van der Waals surface area (Å²) in [5.41, 5.74) is 1.46. The minimum atomic E-state index is -0.969. The highest BCUT2D eigenvalue weighted by Gasteiger charge is 2.37. The first-order chi connectivity index (χ1) is 8.65. The molecular weight excluding hydrogens is 258 g/mol. The Balaban J connectivity index is 2.08. The predicted molar refractivity (Wildman–Crippen MR) is 62.6 cm³/mol. The van der Waals surface area contributed by atoms with Gasteiger partial charge in [-0.15, -0.1) is 0 Å². The Morgan fingerprint density at radius 2 is 2.17 bits per heavy atom. The van der Waals surface area contributed by atoms with E-state index in [0.29, 0.717) is 22.9 Å². The van der Waals surface area contributed by atoms with Gasteiger partial charge >= 0.3 is 6.09 Å². The molecule has 2 aliphatic heterocycles. The van der Waals surface area contributed by atoms with Gasteiger partial charge in [0.25, 0.3) is 5.91 Å². The number of benzene rings is 1. The van der Waals surface area contributed by atoms with Crippen molar-refractivity contribution in [3.63, 3.8) is 0 Å². The maximum atomic E-state index is 11.6. The predicted octanol–water partition coefficient (Wildman–Crippen LogP) is 1.97. The van der Waals surface area contributed by atoms with Gasteiger partial charge in [0, 0.05) is 10.6 Å². The van der Waals surface area contributed by atoms with E-state index in [1.54, 1.807) is 6.07 Å². The van der Waals surface area contributed by atoms with Crippen LogP contribution in [0.2, 0.25) is 5.02 Å². The first kappa shape index (κ1) is 11.3. The van der Waals surface area contributed by atoms with Crippen molar-refractivity contribution in [2.24, 2.45) is 0 Å². The van der Waals surface area contributed by atoms with Crippen LogP contribution in [0.15, 0.2) is 12.1 Å². The van der Waals surface area contributed by atoms with E-state index in [-0.39, 0.29) is 0 Å². The van der Waals surface area contributed by atoms with Gasteiger partial charge in [-0.25, -0.2) is 4.79 Å². The van der Waals surface area contributed by atoms with Gasteiger partial charge in [0.2, 0.25) is 6.10 Å². The Morgan fingerprint density at radius 1 is 1.33 bits per heavy atom. The molecule has 1 fully saturated rings. The van der Waals surface area contributed by atoms with E-state index in [2.05, 4.69) is 5.32 Å². The third-order valence-electron chi connectivity index (χ3n) is 2.97. The number of cyclic esters (lactones) is 1. The Bertz CT molecular complexity index is 543. The molecular formula is C12H10ClNO4. The topological polar surface area (TPSA) is 64.6 Å². The van der Waals surface area contributed by atoms with Crippen molar-refractivity contribution in [1.29, 1.82) is 0 Å². The van der Waals surface area contributed by atoms with Crippen LogP contribution in [-0.4, -0.2) is 18.6 Å². The molecule has 94 valence electrons. The minimum Gasteiger partial charge on any atom is -0.493 e. The second-order valence-electron chi connectivity index (χ2n) is 4.21. The Morgan fingerprint density at radius 3 is 2.89 bits per heavy atom. The van der Waals surface area contributed by atoms with Gasteiger partial charge in [0.1, 0.15) is 5.75 Å². The third kappa shape index (κ3) is 1.80. The number of carbonyl (C=O) groups is 2. The monoisotopic (exact) mass is 267 g/mol. The van der Waals surface area contributed by atoms with Gasteiger partial charge < -0.3 is 9.47 Å². The molecule has 0 spiro atoms. The Kier molecular flexibility index (Phi) is 2.63. The lowest BCUT2D eigenvalue weighted by Crippen LogP contribution is -2.21. The van der Waals surface area contributed by atoms with Crippen molar-refractivity contribution < 1.29 is 19.1 Å². The van der Waals surface area contributed by atoms with Crippen molar-refractivity contribution in [2.45, 2.75) is 18.9 Å². The number of nitrogens with one attached hydrogen (secondary N) is 1. The van der Waals surface area contributed by atoms with E-state index in [1.807, 2.05) is 6.07 Å². The summed E-state index contributed by atoms with van der Waals surface area (Å²) in [6, 6.07) is 3.42. The number of ether oxygens (including phenoxy) is 2. The fraction of sp³-hybridized carbons (Fsp3) is 0.333. The summed E-state index contributed by atoms with van der Waals surface area (Å²) >= 11 is 6.02. The molecule has 0 radical (unpaired) electrons. The minimum absolute atomic E-state index is 0.487. The van der Waals surface area contributed by atoms with Crippen LogP contribution < -0.4 is 10.1 Å². The number of aryl methyl sites for hydroxylation is 1. The van der Waals surface area contributed by atoms with E-state index < -0.39 is 18.1 Å². The molecule has 1 unspecified atom stereocenters. The number of halogens is 1. The average molecular weight is 268 g/mol. The number of imide groups is 1. The summed E-state index contributed by atoms with van der Waals surface area (Å²) in [6.45, 7) is 0.587. The lowest BCUT2D eigenvalue weighted by molar-refractivity contribution is -0.123. The molecule has 6 heteroatoms. The normalized spacial score (nSPS) is 21.9. The van der Waals surface area contributed by atoms with Crippen LogP contribution in [0.4, 0.5) is 4.79 Å². The summed E-state index contributed by atoms with van der Waals surface area (Å²) < 4.78 is 10.5. The number of rotatable bonds is 1. The molecule has 2 amide bonds. The van der Waals surface area contributed by atoms with Crippen LogP contribution in [-0.2, 0) is 16.0 Å². The van der Waals surface area contributed by atoms with Gasteiger partial charge in [-0.2, -0.15) is 0 Å². The molecule has 0 aromatic heterocycles. The molecule has 0 aliphatic carbocycles. The zero-order valence-electron chi connectivity index (χ0n) is 9.36. The Labute approximate surface area is 108 Å². The van der Waals surface area contributed by atoms with E-state index in [0.717, 1.165) is 18.4 Å². The smallest absolute Gasteiger partial charge is 0.415 e. The van der Waals surface area contributed by atoms with Gasteiger partial charge in [0.05, 0.1) is 6.61 Å². The lowest BCUT2D eigenvalue weighted by Gasteiger charge is -2.22. The second kappa shape index (κ2) is 4.17. The maximum Gasteiger partial charge on any atom is 0.415 e. The van der Waals surface area contributed by atoms with E-state index in [4.69, 9.17) is 21.1 Å². The molecule has 2 heterocycles. The number of hydrogen-bond donors (Lipinski definition) is 1. The molecule has 1 aromatic rings. The quantitative estimate of drug-likeness (QED) is 0.845. The number of hydrogen-bond acceptors (Lipinski definition) is 4. The van der Waals surface area contributed by atoms with Crippen LogP contribution in [0.25, 0.3) is 0 Å². The molecule has 5 nitrogen and oxygen atoms in total. The SMILES string of the molecule is O=C1NC(=O)C(c2cc(Cl)cc3c2OCCC3)O1. The first-order valence-corrected chi connectivity index (χ1v) is 5.99. The fourth-order valence-corrected chi connectivity index (χ4v) is 2.48. The summed E-state index contributed by atoms with van der Waals surface area (Å²) in [5, 5.41) is 2.60. The molecule has 3 rings (SSSR count). The standard InChI is InChI=1S/C12H10ClNO4/c13-7-4-6-2-1-3-17-9(6)8(5-7)10-11(15)14-12(16)18-10/h4-5,10H,1-3H2,(H,14,15,16). The molecule has 2 aliphatic rings. The second-order valence-corrected chi connectivity index (χ2v) is 4.65. The molecule has 1 aromatic carbocycles.